The number of anilines is 1. The summed E-state index contributed by atoms with van der Waals surface area (Å²) < 4.78 is 28.2. The topological polar surface area (TPSA) is 114 Å². The summed E-state index contributed by atoms with van der Waals surface area (Å²) in [4.78, 5) is 11.1. The van der Waals surface area contributed by atoms with Gasteiger partial charge >= 0.3 is 5.97 Å². The van der Waals surface area contributed by atoms with Crippen LogP contribution in [0.4, 0.5) is 5.69 Å². The lowest BCUT2D eigenvalue weighted by molar-refractivity contribution is 0.0696. The smallest absolute Gasteiger partial charge is 0.336 e. The van der Waals surface area contributed by atoms with Crippen LogP contribution in [0, 0.1) is 6.92 Å². The van der Waals surface area contributed by atoms with Crippen molar-refractivity contribution in [3.05, 3.63) is 33.9 Å². The van der Waals surface area contributed by atoms with Crippen LogP contribution in [-0.4, -0.2) is 34.5 Å². The summed E-state index contributed by atoms with van der Waals surface area (Å²) in [5.74, 6) is -1.13. The van der Waals surface area contributed by atoms with Crippen molar-refractivity contribution >= 4 is 37.6 Å². The number of carboxylic acid groups (broad SMARTS) is 1. The second-order valence-corrected chi connectivity index (χ2v) is 6.55. The van der Waals surface area contributed by atoms with E-state index in [2.05, 4.69) is 31.0 Å². The standard InChI is InChI=1S/C11H11BrN4O4S/c1-6-7(11(17)18)4-3-5-8(6)14-21(19,20)10-9(12)13-15-16(10)2/h3-5,14H,1-2H3,(H,17,18). The highest BCUT2D eigenvalue weighted by Crippen LogP contribution is 2.25. The normalized spacial score (nSPS) is 11.4. The molecule has 0 bridgehead atoms. The van der Waals surface area contributed by atoms with Crippen LogP contribution in [0.5, 0.6) is 0 Å². The highest BCUT2D eigenvalue weighted by atomic mass is 79.9. The number of halogens is 1. The third-order valence-corrected chi connectivity index (χ3v) is 5.05. The van der Waals surface area contributed by atoms with Gasteiger partial charge in [-0.25, -0.2) is 9.48 Å². The molecule has 1 aromatic heterocycles. The summed E-state index contributed by atoms with van der Waals surface area (Å²) in [6, 6.07) is 4.35. The maximum atomic E-state index is 12.3. The Bertz CT molecular complexity index is 796. The highest BCUT2D eigenvalue weighted by Gasteiger charge is 2.25. The number of hydrogen-bond acceptors (Lipinski definition) is 5. The molecule has 0 unspecified atom stereocenters. The number of benzene rings is 1. The lowest BCUT2D eigenvalue weighted by Crippen LogP contribution is -2.18. The molecule has 10 heteroatoms. The monoisotopic (exact) mass is 374 g/mol. The van der Waals surface area contributed by atoms with E-state index >= 15 is 0 Å². The first-order valence-electron chi connectivity index (χ1n) is 5.65. The minimum absolute atomic E-state index is 0.0254. The first kappa shape index (κ1) is 15.4. The fraction of sp³-hybridized carbons (Fsp3) is 0.182. The first-order valence-corrected chi connectivity index (χ1v) is 7.92. The molecule has 0 spiro atoms. The van der Waals surface area contributed by atoms with Gasteiger partial charge in [0.05, 0.1) is 11.3 Å². The molecular weight excluding hydrogens is 364 g/mol. The van der Waals surface area contributed by atoms with Crippen molar-refractivity contribution in [1.29, 1.82) is 0 Å². The van der Waals surface area contributed by atoms with E-state index in [0.717, 1.165) is 4.68 Å². The molecular formula is C11H11BrN4O4S. The van der Waals surface area contributed by atoms with E-state index in [-0.39, 0.29) is 20.9 Å². The predicted octanol–water partition coefficient (Wildman–Crippen LogP) is 1.39. The van der Waals surface area contributed by atoms with Gasteiger partial charge < -0.3 is 5.11 Å². The molecule has 1 aromatic carbocycles. The summed E-state index contributed by atoms with van der Waals surface area (Å²) in [6.45, 7) is 1.53. The molecule has 2 rings (SSSR count). The van der Waals surface area contributed by atoms with Gasteiger partial charge in [0, 0.05) is 7.05 Å². The minimum atomic E-state index is -3.95. The van der Waals surface area contributed by atoms with E-state index in [1.165, 1.54) is 32.2 Å². The second-order valence-electron chi connectivity index (χ2n) is 4.20. The molecule has 112 valence electrons. The molecule has 0 amide bonds. The lowest BCUT2D eigenvalue weighted by Gasteiger charge is -2.12. The number of nitrogens with one attached hydrogen (secondary N) is 1. The Morgan fingerprint density at radius 1 is 1.43 bits per heavy atom. The molecule has 0 aliphatic carbocycles. The molecule has 2 aromatic rings. The summed E-state index contributed by atoms with van der Waals surface area (Å²) >= 11 is 3.01. The number of nitrogens with zero attached hydrogens (tertiary/aromatic N) is 3. The Labute approximate surface area is 129 Å². The Kier molecular flexibility index (Phi) is 4.01. The third kappa shape index (κ3) is 2.90. The van der Waals surface area contributed by atoms with E-state index in [0.29, 0.717) is 5.56 Å². The van der Waals surface area contributed by atoms with Crippen molar-refractivity contribution in [2.24, 2.45) is 7.05 Å². The summed E-state index contributed by atoms with van der Waals surface area (Å²) in [5.41, 5.74) is 0.528. The fourth-order valence-corrected chi connectivity index (χ4v) is 4.00. The van der Waals surface area contributed by atoms with Crippen molar-refractivity contribution in [2.45, 2.75) is 11.9 Å². The Hall–Kier alpha value is -1.94. The van der Waals surface area contributed by atoms with Crippen LogP contribution in [0.25, 0.3) is 0 Å². The van der Waals surface area contributed by atoms with Crippen molar-refractivity contribution in [3.8, 4) is 0 Å². The molecule has 0 saturated carbocycles. The van der Waals surface area contributed by atoms with E-state index in [9.17, 15) is 13.2 Å². The second kappa shape index (κ2) is 5.45. The van der Waals surface area contributed by atoms with E-state index < -0.39 is 16.0 Å². The number of carboxylic acids is 1. The molecule has 0 atom stereocenters. The van der Waals surface area contributed by atoms with Crippen molar-refractivity contribution < 1.29 is 18.3 Å². The van der Waals surface area contributed by atoms with Gasteiger partial charge in [-0.3, -0.25) is 4.72 Å². The van der Waals surface area contributed by atoms with Gasteiger partial charge in [-0.2, -0.15) is 8.42 Å². The largest absolute Gasteiger partial charge is 0.478 e. The maximum Gasteiger partial charge on any atom is 0.336 e. The number of rotatable bonds is 4. The average Bonchev–Trinajstić information content (AvgIpc) is 2.71. The minimum Gasteiger partial charge on any atom is -0.478 e. The Morgan fingerprint density at radius 2 is 2.10 bits per heavy atom. The highest BCUT2D eigenvalue weighted by molar-refractivity contribution is 9.10. The van der Waals surface area contributed by atoms with Crippen LogP contribution < -0.4 is 4.72 Å². The number of aryl methyl sites for hydroxylation is 1. The van der Waals surface area contributed by atoms with Gasteiger partial charge in [-0.1, -0.05) is 11.3 Å². The molecule has 0 saturated heterocycles. The zero-order valence-corrected chi connectivity index (χ0v) is 13.4. The molecule has 8 nitrogen and oxygen atoms in total. The Balaban J connectivity index is 2.48. The zero-order valence-electron chi connectivity index (χ0n) is 11.0. The SMILES string of the molecule is Cc1c(NS(=O)(=O)c2c(Br)nnn2C)cccc1C(=O)O. The number of carbonyl (C=O) groups is 1. The third-order valence-electron chi connectivity index (χ3n) is 2.80. The summed E-state index contributed by atoms with van der Waals surface area (Å²) in [6.07, 6.45) is 0. The lowest BCUT2D eigenvalue weighted by atomic mass is 10.1. The van der Waals surface area contributed by atoms with E-state index in [1.54, 1.807) is 0 Å². The van der Waals surface area contributed by atoms with Crippen LogP contribution >= 0.6 is 15.9 Å². The van der Waals surface area contributed by atoms with Crippen LogP contribution in [-0.2, 0) is 17.1 Å². The molecule has 0 aliphatic rings. The van der Waals surface area contributed by atoms with Gasteiger partial charge in [0.1, 0.15) is 0 Å². The molecule has 21 heavy (non-hydrogen) atoms. The predicted molar refractivity (Wildman–Crippen MR) is 77.6 cm³/mol. The van der Waals surface area contributed by atoms with Crippen LogP contribution in [0.15, 0.2) is 27.8 Å². The summed E-state index contributed by atoms with van der Waals surface area (Å²) in [5, 5.41) is 16.1. The van der Waals surface area contributed by atoms with E-state index in [1.807, 2.05) is 0 Å². The molecule has 0 fully saturated rings. The van der Waals surface area contributed by atoms with Crippen molar-refractivity contribution in [3.63, 3.8) is 0 Å². The zero-order chi connectivity index (χ0) is 15.8. The van der Waals surface area contributed by atoms with Gasteiger partial charge in [0.2, 0.25) is 5.03 Å². The van der Waals surface area contributed by atoms with Gasteiger partial charge in [-0.15, -0.1) is 5.10 Å². The Morgan fingerprint density at radius 3 is 2.62 bits per heavy atom. The number of hydrogen-bond donors (Lipinski definition) is 2. The molecule has 2 N–H and O–H groups in total. The van der Waals surface area contributed by atoms with Crippen molar-refractivity contribution in [2.75, 3.05) is 4.72 Å². The van der Waals surface area contributed by atoms with E-state index in [4.69, 9.17) is 5.11 Å². The molecule has 0 radical (unpaired) electrons. The van der Waals surface area contributed by atoms with Crippen LogP contribution in [0.1, 0.15) is 15.9 Å². The molecule has 0 aliphatic heterocycles. The van der Waals surface area contributed by atoms with Crippen LogP contribution in [0.3, 0.4) is 0 Å². The van der Waals surface area contributed by atoms with Gasteiger partial charge in [-0.05, 0) is 40.5 Å². The van der Waals surface area contributed by atoms with Crippen molar-refractivity contribution in [1.82, 2.24) is 15.0 Å². The number of aromatic nitrogens is 3. The quantitative estimate of drug-likeness (QED) is 0.835. The summed E-state index contributed by atoms with van der Waals surface area (Å²) in [7, 11) is -2.51. The molecule has 1 heterocycles. The van der Waals surface area contributed by atoms with Crippen LogP contribution in [0.2, 0.25) is 0 Å². The average molecular weight is 375 g/mol. The number of aromatic carboxylic acids is 1. The van der Waals surface area contributed by atoms with Gasteiger partial charge in [0.25, 0.3) is 10.0 Å². The number of sulfonamides is 1. The first-order chi connectivity index (χ1) is 9.74. The fourth-order valence-electron chi connectivity index (χ4n) is 1.78. The maximum absolute atomic E-state index is 12.3. The van der Waals surface area contributed by atoms with Gasteiger partial charge in [0.15, 0.2) is 4.60 Å².